The van der Waals surface area contributed by atoms with Gasteiger partial charge in [-0.05, 0) is 73.8 Å². The number of carbonyl (C=O) groups is 3. The Hall–Kier alpha value is -4.84. The van der Waals surface area contributed by atoms with Gasteiger partial charge in [-0.25, -0.2) is 9.37 Å². The fourth-order valence-corrected chi connectivity index (χ4v) is 8.22. The number of imide groups is 1. The second-order valence-electron chi connectivity index (χ2n) is 13.6. The summed E-state index contributed by atoms with van der Waals surface area (Å²) in [7, 11) is 1.29. The zero-order valence-electron chi connectivity index (χ0n) is 29.7. The number of methoxy groups -OCH3 is 1. The molecule has 276 valence electrons. The fraction of sp³-hybridized carbons (Fsp3) is 0.342. The number of hydrogen-bond acceptors (Lipinski definition) is 10. The molecule has 4 N–H and O–H groups in total. The van der Waals surface area contributed by atoms with E-state index >= 15 is 4.39 Å². The van der Waals surface area contributed by atoms with Crippen LogP contribution in [0.3, 0.4) is 0 Å². The minimum Gasteiger partial charge on any atom is -0.494 e. The molecule has 3 aliphatic heterocycles. The van der Waals surface area contributed by atoms with Crippen molar-refractivity contribution in [3.05, 3.63) is 88.3 Å². The number of ether oxygens (including phenoxy) is 1. The van der Waals surface area contributed by atoms with E-state index in [4.69, 9.17) is 16.3 Å². The van der Waals surface area contributed by atoms with Crippen LogP contribution in [0.25, 0.3) is 0 Å². The van der Waals surface area contributed by atoms with Crippen molar-refractivity contribution in [1.29, 1.82) is 0 Å². The summed E-state index contributed by atoms with van der Waals surface area (Å²) in [6.07, 6.45) is 3.71. The Morgan fingerprint density at radius 3 is 2.57 bits per heavy atom. The maximum atomic E-state index is 15.2. The number of nitrogens with one attached hydrogen (secondary N) is 4. The van der Waals surface area contributed by atoms with E-state index in [1.54, 1.807) is 19.4 Å². The molecular weight excluding hydrogens is 718 g/mol. The highest BCUT2D eigenvalue weighted by atomic mass is 35.5. The van der Waals surface area contributed by atoms with Gasteiger partial charge in [0.05, 0.1) is 19.0 Å². The van der Waals surface area contributed by atoms with Gasteiger partial charge in [-0.1, -0.05) is 37.7 Å². The van der Waals surface area contributed by atoms with Crippen LogP contribution in [-0.2, 0) is 22.7 Å². The second kappa shape index (κ2) is 15.6. The number of hydrogen-bond donors (Lipinski definition) is 4. The van der Waals surface area contributed by atoms with Gasteiger partial charge in [0.25, 0.3) is 5.91 Å². The van der Waals surface area contributed by atoms with Crippen molar-refractivity contribution in [1.82, 2.24) is 25.5 Å². The fourth-order valence-electron chi connectivity index (χ4n) is 7.08. The molecule has 0 radical (unpaired) electrons. The molecule has 2 saturated heterocycles. The van der Waals surface area contributed by atoms with Crippen LogP contribution in [0.5, 0.6) is 5.75 Å². The minimum absolute atomic E-state index is 0.170. The van der Waals surface area contributed by atoms with E-state index < -0.39 is 17.8 Å². The van der Waals surface area contributed by atoms with Gasteiger partial charge in [0.2, 0.25) is 17.8 Å². The van der Waals surface area contributed by atoms with Crippen molar-refractivity contribution in [3.63, 3.8) is 0 Å². The van der Waals surface area contributed by atoms with Gasteiger partial charge in [-0.2, -0.15) is 4.98 Å². The average molecular weight is 759 g/mol. The van der Waals surface area contributed by atoms with Crippen molar-refractivity contribution < 1.29 is 23.5 Å². The molecule has 1 atom stereocenters. The third-order valence-electron chi connectivity index (χ3n) is 9.95. The summed E-state index contributed by atoms with van der Waals surface area (Å²) in [5.74, 6) is -0.145. The summed E-state index contributed by atoms with van der Waals surface area (Å²) in [6.45, 7) is 6.52. The predicted molar refractivity (Wildman–Crippen MR) is 206 cm³/mol. The molecule has 0 bridgehead atoms. The number of benzene rings is 3. The molecule has 53 heavy (non-hydrogen) atoms. The Morgan fingerprint density at radius 1 is 1.02 bits per heavy atom. The number of para-hydroxylation sites is 1. The Morgan fingerprint density at radius 2 is 1.81 bits per heavy atom. The van der Waals surface area contributed by atoms with Crippen LogP contribution in [0.15, 0.2) is 60.8 Å². The summed E-state index contributed by atoms with van der Waals surface area (Å²) in [6, 6.07) is 16.6. The SMILES string of the molecule is COc1cc(N2CCC(NCc3cc4c(cc3F)C(=O)N(C3CCC(=O)NC3=O)C4)CC2)ccc1Nc1ncc(Cl)c(Nc2ccccc2P(C)C)n1. The molecule has 12 nitrogen and oxygen atoms in total. The Balaban J connectivity index is 0.946. The van der Waals surface area contributed by atoms with Crippen LogP contribution in [-0.4, -0.2) is 78.2 Å². The zero-order chi connectivity index (χ0) is 37.2. The predicted octanol–water partition coefficient (Wildman–Crippen LogP) is 5.65. The minimum atomic E-state index is -0.734. The normalized spacial score (nSPS) is 17.6. The molecule has 3 aromatic carbocycles. The third-order valence-corrected chi connectivity index (χ3v) is 11.6. The summed E-state index contributed by atoms with van der Waals surface area (Å²) in [5, 5.41) is 14.1. The average Bonchev–Trinajstić information content (AvgIpc) is 3.46. The van der Waals surface area contributed by atoms with Gasteiger partial charge >= 0.3 is 0 Å². The van der Waals surface area contributed by atoms with Gasteiger partial charge in [0.1, 0.15) is 22.6 Å². The molecular formula is C38H41ClFN8O4P. The van der Waals surface area contributed by atoms with Crippen LogP contribution < -0.4 is 36.2 Å². The summed E-state index contributed by atoms with van der Waals surface area (Å²) in [5.41, 5.74) is 4.13. The first kappa shape index (κ1) is 36.5. The molecule has 0 spiro atoms. The first-order valence-corrected chi connectivity index (χ1v) is 20.1. The molecule has 0 saturated carbocycles. The number of piperidine rings is 2. The smallest absolute Gasteiger partial charge is 0.255 e. The van der Waals surface area contributed by atoms with E-state index in [2.05, 4.69) is 55.5 Å². The van der Waals surface area contributed by atoms with Crippen LogP contribution in [0.1, 0.15) is 47.2 Å². The Bertz CT molecular complexity index is 2060. The summed E-state index contributed by atoms with van der Waals surface area (Å²) < 4.78 is 20.9. The van der Waals surface area contributed by atoms with Crippen molar-refractivity contribution in [2.75, 3.05) is 49.1 Å². The van der Waals surface area contributed by atoms with Crippen LogP contribution >= 0.6 is 19.5 Å². The van der Waals surface area contributed by atoms with Crippen LogP contribution in [0, 0.1) is 5.82 Å². The second-order valence-corrected chi connectivity index (χ2v) is 16.3. The molecule has 4 heterocycles. The number of halogens is 2. The highest BCUT2D eigenvalue weighted by molar-refractivity contribution is 7.64. The third kappa shape index (κ3) is 7.93. The Kier molecular flexibility index (Phi) is 10.8. The maximum Gasteiger partial charge on any atom is 0.255 e. The quantitative estimate of drug-likeness (QED) is 0.112. The largest absolute Gasteiger partial charge is 0.494 e. The number of rotatable bonds is 11. The van der Waals surface area contributed by atoms with E-state index in [-0.39, 0.29) is 50.7 Å². The highest BCUT2D eigenvalue weighted by Crippen LogP contribution is 2.35. The van der Waals surface area contributed by atoms with E-state index in [1.165, 1.54) is 16.3 Å². The van der Waals surface area contributed by atoms with Crippen molar-refractivity contribution in [2.24, 2.45) is 0 Å². The molecule has 2 fully saturated rings. The van der Waals surface area contributed by atoms with Crippen molar-refractivity contribution in [2.45, 2.75) is 50.9 Å². The molecule has 3 amide bonds. The van der Waals surface area contributed by atoms with Crippen LogP contribution in [0.2, 0.25) is 5.02 Å². The van der Waals surface area contributed by atoms with Gasteiger partial charge in [-0.3, -0.25) is 19.7 Å². The standard InChI is InChI=1S/C38H41ClFN8O4P/c1-52-32-17-25(8-9-29(32)44-38-42-20-27(39)35(46-38)43-30-6-4-5-7-33(30)53(2)3)47-14-12-24(13-15-47)41-19-22-16-23-21-48(37(51)26(23)18-28(22)40)31-10-11-34(49)45-36(31)50/h4-9,16-18,20,24,31,41H,10-15,19,21H2,1-3H3,(H,45,49,50)(H2,42,43,44,46). The van der Waals surface area contributed by atoms with Gasteiger partial charge in [0, 0.05) is 67.2 Å². The molecule has 0 aliphatic carbocycles. The molecule has 7 rings (SSSR count). The molecule has 3 aliphatic rings. The molecule has 4 aromatic rings. The monoisotopic (exact) mass is 758 g/mol. The topological polar surface area (TPSA) is 141 Å². The summed E-state index contributed by atoms with van der Waals surface area (Å²) in [4.78, 5) is 49.8. The van der Waals surface area contributed by atoms with Gasteiger partial charge in [0.15, 0.2) is 5.82 Å². The maximum absolute atomic E-state index is 15.2. The number of carbonyl (C=O) groups excluding carboxylic acids is 3. The number of nitrogens with zero attached hydrogens (tertiary/aromatic N) is 4. The zero-order valence-corrected chi connectivity index (χ0v) is 31.4. The number of anilines is 5. The molecule has 1 aromatic heterocycles. The lowest BCUT2D eigenvalue weighted by molar-refractivity contribution is -0.136. The van der Waals surface area contributed by atoms with Gasteiger partial charge < -0.3 is 30.5 Å². The van der Waals surface area contributed by atoms with Crippen LogP contribution in [0.4, 0.5) is 33.2 Å². The lowest BCUT2D eigenvalue weighted by atomic mass is 10.0. The molecule has 1 unspecified atom stereocenters. The van der Waals surface area contributed by atoms with E-state index in [0.29, 0.717) is 45.9 Å². The Labute approximate surface area is 313 Å². The van der Waals surface area contributed by atoms with E-state index in [9.17, 15) is 14.4 Å². The van der Waals surface area contributed by atoms with Crippen molar-refractivity contribution in [3.8, 4) is 5.75 Å². The first-order valence-electron chi connectivity index (χ1n) is 17.5. The van der Waals surface area contributed by atoms with Crippen molar-refractivity contribution >= 4 is 71.4 Å². The number of fused-ring (bicyclic) bond motifs is 1. The highest BCUT2D eigenvalue weighted by Gasteiger charge is 2.39. The van der Waals surface area contributed by atoms with Gasteiger partial charge in [-0.15, -0.1) is 0 Å². The first-order chi connectivity index (χ1) is 25.6. The van der Waals surface area contributed by atoms with E-state index in [0.717, 1.165) is 37.3 Å². The lowest BCUT2D eigenvalue weighted by Gasteiger charge is -2.34. The molecule has 15 heteroatoms. The number of aromatic nitrogens is 2. The lowest BCUT2D eigenvalue weighted by Crippen LogP contribution is -2.52. The number of amides is 3. The van der Waals surface area contributed by atoms with E-state index in [1.807, 2.05) is 36.4 Å². The summed E-state index contributed by atoms with van der Waals surface area (Å²) >= 11 is 6.48.